The number of nitrogens with two attached hydrogens (primary N) is 1. The number of benzene rings is 1. The number of rotatable bonds is 4. The summed E-state index contributed by atoms with van der Waals surface area (Å²) in [5, 5.41) is 9.04. The highest BCUT2D eigenvalue weighted by atomic mass is 16.4. The van der Waals surface area contributed by atoms with Crippen LogP contribution in [0.4, 0.5) is 0 Å². The summed E-state index contributed by atoms with van der Waals surface area (Å²) in [5.74, 6) is -1.82. The fraction of sp³-hybridized carbons (Fsp3) is 0.273. The first-order chi connectivity index (χ1) is 7.03. The molecule has 1 aromatic carbocycles. The second-order valence-electron chi connectivity index (χ2n) is 3.26. The number of carboxylic acids is 1. The highest BCUT2D eigenvalue weighted by molar-refractivity contribution is 6.08. The fourth-order valence-corrected chi connectivity index (χ4v) is 1.38. The van der Waals surface area contributed by atoms with Gasteiger partial charge in [-0.1, -0.05) is 37.3 Å². The van der Waals surface area contributed by atoms with Crippen molar-refractivity contribution in [3.63, 3.8) is 0 Å². The van der Waals surface area contributed by atoms with E-state index >= 15 is 0 Å². The summed E-state index contributed by atoms with van der Waals surface area (Å²) in [7, 11) is 0. The van der Waals surface area contributed by atoms with Gasteiger partial charge in [-0.25, -0.2) is 4.79 Å². The number of Topliss-reactive ketones (excluding diaryl/α,β-unsaturated/α-hetero) is 1. The second-order valence-corrected chi connectivity index (χ2v) is 3.26. The minimum absolute atomic E-state index is 0. The highest BCUT2D eigenvalue weighted by Crippen LogP contribution is 2.20. The van der Waals surface area contributed by atoms with E-state index in [1.165, 1.54) is 0 Å². The molecule has 0 amide bonds. The smallest absolute Gasteiger partial charge is 0.336 e. The molecule has 0 aliphatic carbocycles. The van der Waals surface area contributed by atoms with Crippen molar-refractivity contribution in [2.75, 3.05) is 0 Å². The summed E-state index contributed by atoms with van der Waals surface area (Å²) in [6, 6.07) is 8.14. The van der Waals surface area contributed by atoms with Crippen LogP contribution in [0.5, 0.6) is 0 Å². The minimum Gasteiger partial charge on any atom is -0.479 e. The van der Waals surface area contributed by atoms with Crippen molar-refractivity contribution < 1.29 is 25.6 Å². The molecule has 17 heavy (non-hydrogen) atoms. The quantitative estimate of drug-likeness (QED) is 0.670. The Kier molecular flexibility index (Phi) is 6.99. The summed E-state index contributed by atoms with van der Waals surface area (Å²) >= 11 is 0. The van der Waals surface area contributed by atoms with E-state index in [-0.39, 0.29) is 17.4 Å². The van der Waals surface area contributed by atoms with Gasteiger partial charge < -0.3 is 21.8 Å². The molecule has 1 unspecified atom stereocenters. The van der Waals surface area contributed by atoms with Crippen LogP contribution >= 0.6 is 0 Å². The van der Waals surface area contributed by atoms with Gasteiger partial charge in [0.1, 0.15) is 0 Å². The van der Waals surface area contributed by atoms with E-state index in [1.807, 2.05) is 0 Å². The van der Waals surface area contributed by atoms with Gasteiger partial charge in [-0.2, -0.15) is 0 Å². The van der Waals surface area contributed by atoms with Gasteiger partial charge in [-0.05, 0) is 5.56 Å². The Balaban J connectivity index is 0. The summed E-state index contributed by atoms with van der Waals surface area (Å²) in [6.45, 7) is 1.59. The summed E-state index contributed by atoms with van der Waals surface area (Å²) in [5.41, 5.74) is 4.06. The largest absolute Gasteiger partial charge is 0.479 e. The normalized spacial score (nSPS) is 12.6. The molecule has 0 radical (unpaired) electrons. The van der Waals surface area contributed by atoms with Crippen molar-refractivity contribution in [1.82, 2.24) is 0 Å². The number of carboxylic acid groups (broad SMARTS) is 1. The predicted molar refractivity (Wildman–Crippen MR) is 62.5 cm³/mol. The Labute approximate surface area is 98.7 Å². The molecule has 96 valence electrons. The van der Waals surface area contributed by atoms with Gasteiger partial charge in [0.2, 0.25) is 0 Å². The van der Waals surface area contributed by atoms with Gasteiger partial charge in [0.05, 0.1) is 0 Å². The molecule has 0 fully saturated rings. The lowest BCUT2D eigenvalue weighted by molar-refractivity contribution is -0.148. The lowest BCUT2D eigenvalue weighted by Gasteiger charge is -2.22. The molecule has 0 saturated carbocycles. The van der Waals surface area contributed by atoms with Crippen molar-refractivity contribution in [1.29, 1.82) is 0 Å². The van der Waals surface area contributed by atoms with E-state index < -0.39 is 17.3 Å². The average molecular weight is 243 g/mol. The van der Waals surface area contributed by atoms with E-state index in [1.54, 1.807) is 37.3 Å². The molecule has 0 spiro atoms. The van der Waals surface area contributed by atoms with E-state index in [4.69, 9.17) is 10.8 Å². The molecule has 0 heterocycles. The molecule has 1 aromatic rings. The number of ketones is 1. The molecule has 0 aliphatic heterocycles. The molecular weight excluding hydrogens is 226 g/mol. The topological polar surface area (TPSA) is 143 Å². The Morgan fingerprint density at radius 3 is 2.06 bits per heavy atom. The van der Waals surface area contributed by atoms with E-state index in [0.29, 0.717) is 5.56 Å². The van der Waals surface area contributed by atoms with Crippen LogP contribution in [0.25, 0.3) is 0 Å². The van der Waals surface area contributed by atoms with Crippen LogP contribution in [0.1, 0.15) is 18.9 Å². The minimum atomic E-state index is -1.92. The monoisotopic (exact) mass is 243 g/mol. The van der Waals surface area contributed by atoms with Crippen molar-refractivity contribution in [2.45, 2.75) is 18.9 Å². The zero-order chi connectivity index (χ0) is 11.5. The molecule has 0 saturated heterocycles. The lowest BCUT2D eigenvalue weighted by atomic mass is 9.85. The third-order valence-corrected chi connectivity index (χ3v) is 2.33. The van der Waals surface area contributed by atoms with Crippen LogP contribution in [0.15, 0.2) is 30.3 Å². The Hall–Kier alpha value is -1.76. The summed E-state index contributed by atoms with van der Waals surface area (Å²) < 4.78 is 0. The first-order valence-corrected chi connectivity index (χ1v) is 4.64. The molecule has 6 nitrogen and oxygen atoms in total. The fourth-order valence-electron chi connectivity index (χ4n) is 1.38. The molecule has 0 aliphatic rings. The van der Waals surface area contributed by atoms with E-state index in [0.717, 1.165) is 0 Å². The van der Waals surface area contributed by atoms with Crippen LogP contribution in [-0.4, -0.2) is 27.8 Å². The predicted octanol–water partition coefficient (Wildman–Crippen LogP) is -0.745. The van der Waals surface area contributed by atoms with Crippen LogP contribution in [0.2, 0.25) is 0 Å². The van der Waals surface area contributed by atoms with Gasteiger partial charge in [0.15, 0.2) is 11.3 Å². The standard InChI is InChI=1S/C11H13NO3.2H2O/c1-2-9(13)11(12,10(14)15)8-6-4-3-5-7-8;;/h3-7H,2,12H2,1H3,(H,14,15);2*1H2. The lowest BCUT2D eigenvalue weighted by Crippen LogP contribution is -2.51. The Morgan fingerprint density at radius 2 is 1.71 bits per heavy atom. The number of aliphatic carboxylic acids is 1. The van der Waals surface area contributed by atoms with Gasteiger partial charge >= 0.3 is 5.97 Å². The van der Waals surface area contributed by atoms with Crippen LogP contribution in [0.3, 0.4) is 0 Å². The molecule has 1 atom stereocenters. The zero-order valence-electron chi connectivity index (χ0n) is 9.43. The summed E-state index contributed by atoms with van der Waals surface area (Å²) in [4.78, 5) is 22.6. The van der Waals surface area contributed by atoms with Gasteiger partial charge in [-0.3, -0.25) is 4.79 Å². The molecule has 6 heteroatoms. The van der Waals surface area contributed by atoms with Crippen LogP contribution in [-0.2, 0) is 15.1 Å². The van der Waals surface area contributed by atoms with Crippen molar-refractivity contribution in [3.8, 4) is 0 Å². The average Bonchev–Trinajstić information content (AvgIpc) is 2.27. The highest BCUT2D eigenvalue weighted by Gasteiger charge is 2.42. The van der Waals surface area contributed by atoms with E-state index in [2.05, 4.69) is 0 Å². The van der Waals surface area contributed by atoms with Crippen molar-refractivity contribution in [2.24, 2.45) is 5.73 Å². The number of hydrogen-bond acceptors (Lipinski definition) is 3. The van der Waals surface area contributed by atoms with Crippen LogP contribution in [0, 0.1) is 0 Å². The van der Waals surface area contributed by atoms with Crippen LogP contribution < -0.4 is 5.73 Å². The second kappa shape index (κ2) is 6.74. The van der Waals surface area contributed by atoms with Gasteiger partial charge in [0, 0.05) is 6.42 Å². The molecule has 7 N–H and O–H groups in total. The number of hydrogen-bond donors (Lipinski definition) is 2. The van der Waals surface area contributed by atoms with Crippen molar-refractivity contribution >= 4 is 11.8 Å². The number of carbonyl (C=O) groups is 2. The first-order valence-electron chi connectivity index (χ1n) is 4.64. The third kappa shape index (κ3) is 3.10. The molecular formula is C11H17NO5. The zero-order valence-corrected chi connectivity index (χ0v) is 9.43. The first kappa shape index (κ1) is 17.6. The summed E-state index contributed by atoms with van der Waals surface area (Å²) in [6.07, 6.45) is 0.0949. The van der Waals surface area contributed by atoms with E-state index in [9.17, 15) is 9.59 Å². The van der Waals surface area contributed by atoms with Crippen molar-refractivity contribution in [3.05, 3.63) is 35.9 Å². The maximum atomic E-state index is 11.6. The Morgan fingerprint density at radius 1 is 1.24 bits per heavy atom. The maximum absolute atomic E-state index is 11.6. The molecule has 1 rings (SSSR count). The van der Waals surface area contributed by atoms with Gasteiger partial charge in [0.25, 0.3) is 0 Å². The molecule has 0 aromatic heterocycles. The Bertz CT molecular complexity index is 379. The maximum Gasteiger partial charge on any atom is 0.336 e. The SMILES string of the molecule is CCC(=O)C(N)(C(=O)O)c1ccccc1.O.O. The van der Waals surface area contributed by atoms with Gasteiger partial charge in [-0.15, -0.1) is 0 Å². The number of carbonyl (C=O) groups excluding carboxylic acids is 1. The molecule has 0 bridgehead atoms. The third-order valence-electron chi connectivity index (χ3n) is 2.33.